The summed E-state index contributed by atoms with van der Waals surface area (Å²) < 4.78 is 4.62. The predicted molar refractivity (Wildman–Crippen MR) is 110 cm³/mol. The van der Waals surface area contributed by atoms with Crippen molar-refractivity contribution in [1.82, 2.24) is 0 Å². The fourth-order valence-electron chi connectivity index (χ4n) is 2.36. The molecule has 0 aliphatic heterocycles. The number of hydrogen-bond acceptors (Lipinski definition) is 2. The van der Waals surface area contributed by atoms with Crippen LogP contribution in [0.5, 0.6) is 0 Å². The van der Waals surface area contributed by atoms with Crippen molar-refractivity contribution in [3.05, 3.63) is 48.6 Å². The molecule has 0 N–H and O–H groups in total. The van der Waals surface area contributed by atoms with Gasteiger partial charge in [0.05, 0.1) is 7.11 Å². The monoisotopic (exact) mass is 346 g/mol. The Bertz CT molecular complexity index is 439. The van der Waals surface area contributed by atoms with E-state index in [2.05, 4.69) is 74.1 Å². The Hall–Kier alpha value is -1.57. The van der Waals surface area contributed by atoms with Gasteiger partial charge in [0.25, 0.3) is 0 Å². The van der Waals surface area contributed by atoms with Crippen molar-refractivity contribution in [2.75, 3.05) is 7.11 Å². The molecule has 0 unspecified atom stereocenters. The maximum atomic E-state index is 11.0. The van der Waals surface area contributed by atoms with Crippen LogP contribution >= 0.6 is 0 Å². The van der Waals surface area contributed by atoms with Crippen LogP contribution in [0.4, 0.5) is 0 Å². The molecule has 0 rings (SSSR count). The summed E-state index contributed by atoms with van der Waals surface area (Å²) in [6, 6.07) is 0. The van der Waals surface area contributed by atoms with Crippen molar-refractivity contribution in [3.63, 3.8) is 0 Å². The van der Waals surface area contributed by atoms with E-state index in [0.29, 0.717) is 6.42 Å². The van der Waals surface area contributed by atoms with Crippen LogP contribution in [0.2, 0.25) is 0 Å². The fourth-order valence-corrected chi connectivity index (χ4v) is 2.36. The van der Waals surface area contributed by atoms with E-state index in [1.165, 1.54) is 32.8 Å². The number of methoxy groups -OCH3 is 1. The van der Waals surface area contributed by atoms with Crippen molar-refractivity contribution in [2.24, 2.45) is 5.41 Å². The lowest BCUT2D eigenvalue weighted by molar-refractivity contribution is -0.140. The Morgan fingerprint density at radius 2 is 1.40 bits per heavy atom. The molecule has 0 aromatic heterocycles. The first-order valence-corrected chi connectivity index (χ1v) is 9.74. The highest BCUT2D eigenvalue weighted by atomic mass is 16.5. The van der Waals surface area contributed by atoms with Crippen LogP contribution in [-0.4, -0.2) is 13.1 Å². The van der Waals surface area contributed by atoms with Gasteiger partial charge in [-0.15, -0.1) is 0 Å². The van der Waals surface area contributed by atoms with Crippen LogP contribution in [0.1, 0.15) is 78.6 Å². The topological polar surface area (TPSA) is 26.3 Å². The molecule has 0 fully saturated rings. The van der Waals surface area contributed by atoms with E-state index in [4.69, 9.17) is 0 Å². The number of hydrogen-bond donors (Lipinski definition) is 0. The Morgan fingerprint density at radius 1 is 0.840 bits per heavy atom. The third kappa shape index (κ3) is 17.1. The molecule has 0 spiro atoms. The summed E-state index contributed by atoms with van der Waals surface area (Å²) in [7, 11) is 1.43. The standard InChI is InChI=1S/C23H38O2/c1-5-6-7-8-9-11-14-17-20-23(2,3)21-18-15-12-10-13-16-19-22(24)25-4/h9-12,17-18,20-21H,5-8,13-16,19H2,1-4H3/b11-9+,12-10+,20-17+,21-18+. The molecule has 0 aliphatic rings. The second-order valence-electron chi connectivity index (χ2n) is 7.00. The molecule has 0 amide bonds. The van der Waals surface area contributed by atoms with Crippen LogP contribution in [-0.2, 0) is 9.53 Å². The van der Waals surface area contributed by atoms with E-state index in [-0.39, 0.29) is 11.4 Å². The molecular formula is C23H38O2. The van der Waals surface area contributed by atoms with Crippen LogP contribution in [0.3, 0.4) is 0 Å². The quantitative estimate of drug-likeness (QED) is 0.193. The van der Waals surface area contributed by atoms with Gasteiger partial charge in [-0.25, -0.2) is 0 Å². The molecule has 0 aliphatic carbocycles. The van der Waals surface area contributed by atoms with Gasteiger partial charge in [-0.05, 0) is 38.5 Å². The summed E-state index contributed by atoms with van der Waals surface area (Å²) in [6.07, 6.45) is 27.2. The molecule has 0 bridgehead atoms. The summed E-state index contributed by atoms with van der Waals surface area (Å²) in [4.78, 5) is 11.0. The Morgan fingerprint density at radius 3 is 1.92 bits per heavy atom. The number of allylic oxidation sites excluding steroid dienone is 8. The zero-order valence-corrected chi connectivity index (χ0v) is 16.8. The van der Waals surface area contributed by atoms with E-state index >= 15 is 0 Å². The molecule has 2 nitrogen and oxygen atoms in total. The molecule has 0 heterocycles. The van der Waals surface area contributed by atoms with Crippen molar-refractivity contribution in [2.45, 2.75) is 78.6 Å². The SMILES string of the molecule is CCCCC/C=C/C/C=C/C(C)(C)/C=C/C/C=C/CCCC(=O)OC. The van der Waals surface area contributed by atoms with Crippen LogP contribution in [0.15, 0.2) is 48.6 Å². The minimum atomic E-state index is -0.127. The van der Waals surface area contributed by atoms with E-state index in [1.54, 1.807) is 0 Å². The van der Waals surface area contributed by atoms with E-state index < -0.39 is 0 Å². The summed E-state index contributed by atoms with van der Waals surface area (Å²) in [5.74, 6) is -0.127. The number of ether oxygens (including phenoxy) is 1. The van der Waals surface area contributed by atoms with Gasteiger partial charge < -0.3 is 4.74 Å². The van der Waals surface area contributed by atoms with Crippen molar-refractivity contribution >= 4 is 5.97 Å². The second kappa shape index (κ2) is 15.9. The number of carbonyl (C=O) groups is 1. The highest BCUT2D eigenvalue weighted by Crippen LogP contribution is 2.19. The van der Waals surface area contributed by atoms with Crippen LogP contribution in [0, 0.1) is 5.41 Å². The molecule has 0 aromatic rings. The third-order valence-corrected chi connectivity index (χ3v) is 3.93. The first-order valence-electron chi connectivity index (χ1n) is 9.74. The van der Waals surface area contributed by atoms with Gasteiger partial charge in [-0.3, -0.25) is 4.79 Å². The van der Waals surface area contributed by atoms with Crippen LogP contribution < -0.4 is 0 Å². The van der Waals surface area contributed by atoms with E-state index in [1.807, 2.05) is 0 Å². The maximum absolute atomic E-state index is 11.0. The Balaban J connectivity index is 3.87. The number of carbonyl (C=O) groups excluding carboxylic acids is 1. The van der Waals surface area contributed by atoms with Gasteiger partial charge in [0, 0.05) is 11.8 Å². The summed E-state index contributed by atoms with van der Waals surface area (Å²) >= 11 is 0. The second-order valence-corrected chi connectivity index (χ2v) is 7.00. The molecule has 0 saturated carbocycles. The average molecular weight is 347 g/mol. The zero-order valence-electron chi connectivity index (χ0n) is 16.8. The lowest BCUT2D eigenvalue weighted by atomic mass is 9.92. The average Bonchev–Trinajstić information content (AvgIpc) is 2.59. The van der Waals surface area contributed by atoms with Gasteiger partial charge in [0.1, 0.15) is 0 Å². The van der Waals surface area contributed by atoms with Gasteiger partial charge in [-0.1, -0.05) is 82.2 Å². The molecule has 142 valence electrons. The van der Waals surface area contributed by atoms with Crippen molar-refractivity contribution < 1.29 is 9.53 Å². The molecule has 0 radical (unpaired) electrons. The molecule has 25 heavy (non-hydrogen) atoms. The minimum absolute atomic E-state index is 0.0920. The normalized spacial score (nSPS) is 13.0. The smallest absolute Gasteiger partial charge is 0.305 e. The van der Waals surface area contributed by atoms with Gasteiger partial charge in [-0.2, -0.15) is 0 Å². The number of esters is 1. The van der Waals surface area contributed by atoms with E-state index in [9.17, 15) is 4.79 Å². The number of unbranched alkanes of at least 4 members (excludes halogenated alkanes) is 4. The lowest BCUT2D eigenvalue weighted by Crippen LogP contribution is -2.01. The maximum Gasteiger partial charge on any atom is 0.305 e. The molecular weight excluding hydrogens is 308 g/mol. The Labute approximate surface area is 155 Å². The summed E-state index contributed by atoms with van der Waals surface area (Å²) in [5.41, 5.74) is 0.0920. The molecule has 0 atom stereocenters. The third-order valence-electron chi connectivity index (χ3n) is 3.93. The summed E-state index contributed by atoms with van der Waals surface area (Å²) in [5, 5.41) is 0. The molecule has 0 aromatic carbocycles. The first-order chi connectivity index (χ1) is 12.0. The van der Waals surface area contributed by atoms with Crippen LogP contribution in [0.25, 0.3) is 0 Å². The largest absolute Gasteiger partial charge is 0.469 e. The molecule has 0 saturated heterocycles. The minimum Gasteiger partial charge on any atom is -0.469 e. The Kier molecular flexibility index (Phi) is 14.9. The number of rotatable bonds is 14. The highest BCUT2D eigenvalue weighted by molar-refractivity contribution is 5.69. The van der Waals surface area contributed by atoms with Gasteiger partial charge in [0.15, 0.2) is 0 Å². The van der Waals surface area contributed by atoms with Crippen molar-refractivity contribution in [1.29, 1.82) is 0 Å². The van der Waals surface area contributed by atoms with Crippen molar-refractivity contribution in [3.8, 4) is 0 Å². The highest BCUT2D eigenvalue weighted by Gasteiger charge is 2.07. The lowest BCUT2D eigenvalue weighted by Gasteiger charge is -2.13. The molecule has 2 heteroatoms. The van der Waals surface area contributed by atoms with Gasteiger partial charge in [0.2, 0.25) is 0 Å². The predicted octanol–water partition coefficient (Wildman–Crippen LogP) is 6.94. The first kappa shape index (κ1) is 23.4. The summed E-state index contributed by atoms with van der Waals surface area (Å²) in [6.45, 7) is 6.69. The van der Waals surface area contributed by atoms with E-state index in [0.717, 1.165) is 25.7 Å². The fraction of sp³-hybridized carbons (Fsp3) is 0.609. The van der Waals surface area contributed by atoms with Gasteiger partial charge >= 0.3 is 5.97 Å². The zero-order chi connectivity index (χ0) is 18.8.